The van der Waals surface area contributed by atoms with Gasteiger partial charge in [0.1, 0.15) is 0 Å². The second-order valence-corrected chi connectivity index (χ2v) is 7.97. The Kier molecular flexibility index (Phi) is 5.05. The summed E-state index contributed by atoms with van der Waals surface area (Å²) in [4.78, 5) is 4.54. The van der Waals surface area contributed by atoms with E-state index in [0.717, 1.165) is 10.6 Å². The van der Waals surface area contributed by atoms with Gasteiger partial charge in [-0.05, 0) is 18.2 Å². The summed E-state index contributed by atoms with van der Waals surface area (Å²) in [5.74, 6) is -0.249. The van der Waals surface area contributed by atoms with Crippen molar-refractivity contribution in [1.82, 2.24) is 4.42 Å². The molecule has 0 fully saturated rings. The molecule has 0 aliphatic carbocycles. The second kappa shape index (κ2) is 7.02. The predicted molar refractivity (Wildman–Crippen MR) is 98.2 cm³/mol. The van der Waals surface area contributed by atoms with Gasteiger partial charge in [0.15, 0.2) is 5.91 Å². The molecule has 1 unspecified atom stereocenters. The van der Waals surface area contributed by atoms with Gasteiger partial charge in [-0.15, -0.1) is 0 Å². The van der Waals surface area contributed by atoms with E-state index in [1.165, 1.54) is 0 Å². The van der Waals surface area contributed by atoms with Gasteiger partial charge in [-0.1, -0.05) is 59.6 Å². The minimum atomic E-state index is -0.969. The third-order valence-corrected chi connectivity index (χ3v) is 7.23. The van der Waals surface area contributed by atoms with Gasteiger partial charge in [0, 0.05) is 52.8 Å². The molecule has 0 aromatic heterocycles. The summed E-state index contributed by atoms with van der Waals surface area (Å²) in [6.07, 6.45) is 5.35. The molecular weight excluding hydrogens is 358 g/mol. The Labute approximate surface area is 145 Å². The average molecular weight is 370 g/mol. The molecular formula is C16H12Cl3N2P. The molecule has 6 heteroatoms. The molecule has 1 aliphatic heterocycles. The van der Waals surface area contributed by atoms with Crippen molar-refractivity contribution < 1.29 is 0 Å². The molecule has 0 amide bonds. The zero-order valence-electron chi connectivity index (χ0n) is 11.4. The van der Waals surface area contributed by atoms with E-state index in [0.29, 0.717) is 10.0 Å². The summed E-state index contributed by atoms with van der Waals surface area (Å²) in [5, 5.41) is 3.41. The van der Waals surface area contributed by atoms with Crippen LogP contribution in [-0.4, -0.2) is 16.5 Å². The van der Waals surface area contributed by atoms with Crippen LogP contribution in [-0.2, 0) is 0 Å². The first-order valence-electron chi connectivity index (χ1n) is 6.61. The predicted octanol–water partition coefficient (Wildman–Crippen LogP) is 4.76. The first kappa shape index (κ1) is 15.8. The first-order valence-corrected chi connectivity index (χ1v) is 9.11. The highest BCUT2D eigenvalue weighted by atomic mass is 35.5. The Hall–Kier alpha value is -1.05. The number of nitrogens with zero attached hydrogens (tertiary/aromatic N) is 2. The summed E-state index contributed by atoms with van der Waals surface area (Å²) >= 11 is 19.2. The minimum Gasteiger partial charge on any atom is -0.264 e. The van der Waals surface area contributed by atoms with Crippen molar-refractivity contribution in [2.75, 3.05) is 0 Å². The van der Waals surface area contributed by atoms with Crippen LogP contribution < -0.4 is 10.6 Å². The highest BCUT2D eigenvalue weighted by Crippen LogP contribution is 2.46. The zero-order chi connectivity index (χ0) is 15.5. The van der Waals surface area contributed by atoms with E-state index in [1.54, 1.807) is 22.9 Å². The van der Waals surface area contributed by atoms with E-state index < -0.39 is 7.92 Å². The molecule has 0 bridgehead atoms. The highest BCUT2D eigenvalue weighted by molar-refractivity contribution is 7.74. The molecule has 0 radical (unpaired) electrons. The molecule has 1 aliphatic rings. The quantitative estimate of drug-likeness (QED) is 0.562. The molecule has 112 valence electrons. The Morgan fingerprint density at radius 1 is 0.909 bits per heavy atom. The molecule has 1 atom stereocenters. The molecule has 22 heavy (non-hydrogen) atoms. The van der Waals surface area contributed by atoms with Crippen LogP contribution in [0.5, 0.6) is 0 Å². The van der Waals surface area contributed by atoms with Gasteiger partial charge in [-0.2, -0.15) is 0 Å². The monoisotopic (exact) mass is 368 g/mol. The fourth-order valence-electron chi connectivity index (χ4n) is 2.24. The number of hydrogen-bond acceptors (Lipinski definition) is 2. The lowest BCUT2D eigenvalue weighted by molar-refractivity contribution is 0.568. The smallest absolute Gasteiger partial charge is 0.162 e. The van der Waals surface area contributed by atoms with Crippen LogP contribution in [0.25, 0.3) is 0 Å². The Bertz CT molecular complexity index is 687. The van der Waals surface area contributed by atoms with Crippen LogP contribution >= 0.6 is 42.9 Å². The van der Waals surface area contributed by atoms with Crippen LogP contribution in [0.3, 0.4) is 0 Å². The van der Waals surface area contributed by atoms with Gasteiger partial charge >= 0.3 is 0 Å². The zero-order valence-corrected chi connectivity index (χ0v) is 14.6. The average Bonchev–Trinajstić information content (AvgIpc) is 2.53. The van der Waals surface area contributed by atoms with E-state index in [2.05, 4.69) is 4.99 Å². The van der Waals surface area contributed by atoms with Crippen molar-refractivity contribution in [1.29, 1.82) is 0 Å². The Morgan fingerprint density at radius 2 is 1.45 bits per heavy atom. The molecule has 2 aromatic carbocycles. The molecule has 0 saturated carbocycles. The molecule has 0 spiro atoms. The van der Waals surface area contributed by atoms with Crippen LogP contribution in [0.4, 0.5) is 0 Å². The van der Waals surface area contributed by atoms with E-state index in [9.17, 15) is 0 Å². The van der Waals surface area contributed by atoms with Gasteiger partial charge in [-0.25, -0.2) is 0 Å². The highest BCUT2D eigenvalue weighted by Gasteiger charge is 2.31. The Morgan fingerprint density at radius 3 is 1.95 bits per heavy atom. The van der Waals surface area contributed by atoms with Gasteiger partial charge in [0.05, 0.1) is 0 Å². The maximum Gasteiger partial charge on any atom is 0.162 e. The summed E-state index contributed by atoms with van der Waals surface area (Å²) in [6.45, 7) is 0. The minimum absolute atomic E-state index is 0.249. The van der Waals surface area contributed by atoms with Gasteiger partial charge in [0.25, 0.3) is 0 Å². The molecule has 1 heterocycles. The van der Waals surface area contributed by atoms with E-state index in [4.69, 9.17) is 35.0 Å². The summed E-state index contributed by atoms with van der Waals surface area (Å²) in [6, 6.07) is 15.5. The van der Waals surface area contributed by atoms with Crippen LogP contribution in [0.2, 0.25) is 10.0 Å². The van der Waals surface area contributed by atoms with Crippen molar-refractivity contribution in [2.45, 2.75) is 5.91 Å². The summed E-state index contributed by atoms with van der Waals surface area (Å²) in [5.41, 5.74) is 0. The van der Waals surface area contributed by atoms with Crippen molar-refractivity contribution in [3.05, 3.63) is 70.9 Å². The van der Waals surface area contributed by atoms with Crippen LogP contribution in [0.1, 0.15) is 0 Å². The third-order valence-electron chi connectivity index (χ3n) is 3.21. The summed E-state index contributed by atoms with van der Waals surface area (Å²) in [7, 11) is -0.969. The lowest BCUT2D eigenvalue weighted by Crippen LogP contribution is -2.30. The molecule has 2 nitrogen and oxygen atoms in total. The maximum absolute atomic E-state index is 6.43. The van der Waals surface area contributed by atoms with Gasteiger partial charge in [-0.3, -0.25) is 9.41 Å². The van der Waals surface area contributed by atoms with Gasteiger partial charge in [0.2, 0.25) is 0 Å². The second-order valence-electron chi connectivity index (χ2n) is 4.60. The SMILES string of the molecule is Clc1ccccc1P(c1ccccc1Cl)C1N=CC=CN1Cl. The summed E-state index contributed by atoms with van der Waals surface area (Å²) < 4.78 is 1.58. The van der Waals surface area contributed by atoms with Crippen molar-refractivity contribution in [3.8, 4) is 0 Å². The fraction of sp³-hybridized carbons (Fsp3) is 0.0625. The van der Waals surface area contributed by atoms with Crippen molar-refractivity contribution >= 4 is 59.7 Å². The lowest BCUT2D eigenvalue weighted by atomic mass is 10.4. The van der Waals surface area contributed by atoms with Gasteiger partial charge < -0.3 is 0 Å². The van der Waals surface area contributed by atoms with E-state index >= 15 is 0 Å². The largest absolute Gasteiger partial charge is 0.264 e. The fourth-order valence-corrected chi connectivity index (χ4v) is 5.80. The normalized spacial score (nSPS) is 17.3. The van der Waals surface area contributed by atoms with Crippen LogP contribution in [0, 0.1) is 0 Å². The Balaban J connectivity index is 2.15. The number of halogens is 3. The van der Waals surface area contributed by atoms with E-state index in [1.807, 2.05) is 48.5 Å². The number of hydrogen-bond donors (Lipinski definition) is 0. The molecule has 0 N–H and O–H groups in total. The number of allylic oxidation sites excluding steroid dienone is 1. The number of rotatable bonds is 3. The topological polar surface area (TPSA) is 15.6 Å². The number of benzene rings is 2. The maximum atomic E-state index is 6.43. The van der Waals surface area contributed by atoms with Crippen LogP contribution in [0.15, 0.2) is 65.8 Å². The molecule has 0 saturated heterocycles. The van der Waals surface area contributed by atoms with Crippen molar-refractivity contribution in [3.63, 3.8) is 0 Å². The third kappa shape index (κ3) is 3.16. The molecule has 3 rings (SSSR count). The standard InChI is InChI=1S/C16H12Cl3N2P/c17-12-6-1-3-8-14(12)22(15-9-4-2-7-13(15)18)16-20-10-5-11-21(16)19/h1-11,16H. The lowest BCUT2D eigenvalue weighted by Gasteiger charge is -2.32. The molecule has 2 aromatic rings. The number of aliphatic imine (C=N–C) groups is 1. The van der Waals surface area contributed by atoms with E-state index in [-0.39, 0.29) is 5.91 Å². The first-order chi connectivity index (χ1) is 10.7. The van der Waals surface area contributed by atoms with Crippen molar-refractivity contribution in [2.24, 2.45) is 4.99 Å².